The molecule has 6 rings (SSSR count). The number of hydrogen-bond donors (Lipinski definition) is 2. The molecule has 4 aromatic rings. The van der Waals surface area contributed by atoms with E-state index in [0.717, 1.165) is 46.7 Å². The monoisotopic (exact) mass is 565 g/mol. The van der Waals surface area contributed by atoms with Crippen LogP contribution in [0.2, 0.25) is 0 Å². The Bertz CT molecular complexity index is 1390. The predicted molar refractivity (Wildman–Crippen MR) is 149 cm³/mol. The molecular weight excluding hydrogens is 540 g/mol. The minimum absolute atomic E-state index is 0. The van der Waals surface area contributed by atoms with Crippen molar-refractivity contribution < 1.29 is 26.7 Å². The largest absolute Gasteiger partial charge is 0.320 e. The average Bonchev–Trinajstić information content (AvgIpc) is 3.45. The van der Waals surface area contributed by atoms with Gasteiger partial charge in [0.05, 0.1) is 11.4 Å². The molecule has 199 valence electrons. The zero-order valence-corrected chi connectivity index (χ0v) is 21.9. The Morgan fingerprint density at radius 2 is 0.974 bits per heavy atom. The molecule has 0 saturated carbocycles. The maximum absolute atomic E-state index is 11.8. The summed E-state index contributed by atoms with van der Waals surface area (Å²) >= 11 is 0. The van der Waals surface area contributed by atoms with E-state index in [1.54, 1.807) is 12.4 Å². The topological polar surface area (TPSA) is 109 Å². The molecule has 2 aromatic carbocycles. The number of fused-ring (bicyclic) bond motifs is 2. The van der Waals surface area contributed by atoms with E-state index in [1.807, 2.05) is 84.9 Å². The Morgan fingerprint density at radius 1 is 0.564 bits per heavy atom. The molecule has 2 aliphatic heterocycles. The van der Waals surface area contributed by atoms with Gasteiger partial charge in [-0.3, -0.25) is 29.5 Å². The van der Waals surface area contributed by atoms with E-state index in [0.29, 0.717) is 24.5 Å². The summed E-state index contributed by atoms with van der Waals surface area (Å²) in [7, 11) is 0. The van der Waals surface area contributed by atoms with Crippen molar-refractivity contribution in [2.75, 3.05) is 23.7 Å². The van der Waals surface area contributed by atoms with Gasteiger partial charge in [0.25, 0.3) is 11.8 Å². The third-order valence-corrected chi connectivity index (χ3v) is 6.02. The van der Waals surface area contributed by atoms with Crippen molar-refractivity contribution in [2.45, 2.75) is 12.8 Å². The third kappa shape index (κ3) is 6.90. The third-order valence-electron chi connectivity index (χ3n) is 6.02. The fourth-order valence-electron chi connectivity index (χ4n) is 4.18. The Labute approximate surface area is 237 Å². The Kier molecular flexibility index (Phi) is 9.45. The SMILES string of the molecule is O=C1Nc2ccccc2C1=NCCc1ccccn1.O=C1Nc2ccccc2C1=NCCc1ccccn1.[Cu]. The van der Waals surface area contributed by atoms with Crippen LogP contribution in [0.4, 0.5) is 11.4 Å². The first kappa shape index (κ1) is 27.6. The first-order valence-electron chi connectivity index (χ1n) is 12.4. The summed E-state index contributed by atoms with van der Waals surface area (Å²) in [6.45, 7) is 1.13. The molecule has 4 heterocycles. The molecule has 39 heavy (non-hydrogen) atoms. The number of amides is 2. The van der Waals surface area contributed by atoms with Crippen LogP contribution in [0.5, 0.6) is 0 Å². The normalized spacial score (nSPS) is 15.0. The quantitative estimate of drug-likeness (QED) is 0.343. The number of aromatic nitrogens is 2. The molecule has 0 fully saturated rings. The Morgan fingerprint density at radius 3 is 1.38 bits per heavy atom. The fourth-order valence-corrected chi connectivity index (χ4v) is 4.18. The molecule has 0 bridgehead atoms. The van der Waals surface area contributed by atoms with Crippen molar-refractivity contribution in [3.63, 3.8) is 0 Å². The predicted octanol–water partition coefficient (Wildman–Crippen LogP) is 4.13. The molecule has 0 aliphatic carbocycles. The van der Waals surface area contributed by atoms with Gasteiger partial charge in [0.2, 0.25) is 0 Å². The van der Waals surface area contributed by atoms with Gasteiger partial charge in [-0.1, -0.05) is 48.5 Å². The average molecular weight is 566 g/mol. The van der Waals surface area contributed by atoms with E-state index in [2.05, 4.69) is 30.6 Å². The Hall–Kier alpha value is -4.46. The second-order valence-corrected chi connectivity index (χ2v) is 8.60. The number of benzene rings is 2. The van der Waals surface area contributed by atoms with Gasteiger partial charge < -0.3 is 10.6 Å². The molecule has 1 radical (unpaired) electrons. The molecule has 9 heteroatoms. The summed E-state index contributed by atoms with van der Waals surface area (Å²) in [5, 5.41) is 5.62. The summed E-state index contributed by atoms with van der Waals surface area (Å²) in [5.74, 6) is -0.246. The zero-order valence-electron chi connectivity index (χ0n) is 21.0. The number of anilines is 2. The molecule has 2 aromatic heterocycles. The zero-order chi connectivity index (χ0) is 26.2. The van der Waals surface area contributed by atoms with Crippen molar-refractivity contribution in [1.82, 2.24) is 9.97 Å². The second-order valence-electron chi connectivity index (χ2n) is 8.60. The van der Waals surface area contributed by atoms with E-state index in [4.69, 9.17) is 0 Å². The molecule has 0 saturated heterocycles. The summed E-state index contributed by atoms with van der Waals surface area (Å²) in [5.41, 5.74) is 6.45. The number of nitrogens with zero attached hydrogens (tertiary/aromatic N) is 4. The van der Waals surface area contributed by atoms with E-state index in [9.17, 15) is 9.59 Å². The second kappa shape index (κ2) is 13.4. The van der Waals surface area contributed by atoms with Crippen molar-refractivity contribution in [3.8, 4) is 0 Å². The van der Waals surface area contributed by atoms with Gasteiger partial charge in [-0.2, -0.15) is 0 Å². The molecule has 2 amide bonds. The van der Waals surface area contributed by atoms with Gasteiger partial charge in [-0.25, -0.2) is 0 Å². The molecule has 2 N–H and O–H groups in total. The van der Waals surface area contributed by atoms with Crippen molar-refractivity contribution in [3.05, 3.63) is 120 Å². The molecule has 0 spiro atoms. The van der Waals surface area contributed by atoms with E-state index in [1.165, 1.54) is 0 Å². The number of pyridine rings is 2. The number of carbonyl (C=O) groups excluding carboxylic acids is 2. The van der Waals surface area contributed by atoms with Crippen LogP contribution in [0.15, 0.2) is 107 Å². The molecule has 8 nitrogen and oxygen atoms in total. The van der Waals surface area contributed by atoms with Crippen LogP contribution >= 0.6 is 0 Å². The maximum Gasteiger partial charge on any atom is 0.274 e. The number of aliphatic imine (C=N–C) groups is 2. The van der Waals surface area contributed by atoms with Crippen LogP contribution in [-0.4, -0.2) is 46.3 Å². The van der Waals surface area contributed by atoms with Gasteiger partial charge in [0, 0.05) is 77.9 Å². The van der Waals surface area contributed by atoms with E-state index < -0.39 is 0 Å². The summed E-state index contributed by atoms with van der Waals surface area (Å²) in [4.78, 5) is 40.9. The van der Waals surface area contributed by atoms with Crippen LogP contribution in [0.1, 0.15) is 22.5 Å². The van der Waals surface area contributed by atoms with Crippen LogP contribution in [0.3, 0.4) is 0 Å². The van der Waals surface area contributed by atoms with Crippen LogP contribution in [0.25, 0.3) is 0 Å². The Balaban J connectivity index is 0.000000176. The minimum Gasteiger partial charge on any atom is -0.320 e. The first-order chi connectivity index (χ1) is 18.7. The minimum atomic E-state index is -0.123. The van der Waals surface area contributed by atoms with Gasteiger partial charge in [0.1, 0.15) is 11.4 Å². The molecule has 0 unspecified atom stereocenters. The standard InChI is InChI=1S/2C15H13N3O.Cu/c2*19-15-14(12-6-1-2-7-13(12)18-15)17-10-8-11-5-3-4-9-16-11;/h2*1-7,9H,8,10H2,(H,17,18,19);. The number of rotatable bonds is 6. The van der Waals surface area contributed by atoms with Crippen molar-refractivity contribution in [1.29, 1.82) is 0 Å². The smallest absolute Gasteiger partial charge is 0.274 e. The fraction of sp³-hybridized carbons (Fsp3) is 0.133. The van der Waals surface area contributed by atoms with Gasteiger partial charge in [-0.15, -0.1) is 0 Å². The maximum atomic E-state index is 11.8. The van der Waals surface area contributed by atoms with Crippen LogP contribution in [-0.2, 0) is 39.5 Å². The van der Waals surface area contributed by atoms with E-state index >= 15 is 0 Å². The molecule has 0 atom stereocenters. The van der Waals surface area contributed by atoms with Crippen LogP contribution in [0, 0.1) is 0 Å². The molecule has 2 aliphatic rings. The number of hydrogen-bond acceptors (Lipinski definition) is 6. The summed E-state index contributed by atoms with van der Waals surface area (Å²) in [6, 6.07) is 26.8. The summed E-state index contributed by atoms with van der Waals surface area (Å²) in [6.07, 6.45) is 5.00. The summed E-state index contributed by atoms with van der Waals surface area (Å²) < 4.78 is 0. The van der Waals surface area contributed by atoms with Gasteiger partial charge >= 0.3 is 0 Å². The van der Waals surface area contributed by atoms with Gasteiger partial charge in [0.15, 0.2) is 0 Å². The van der Waals surface area contributed by atoms with Gasteiger partial charge in [-0.05, 0) is 36.4 Å². The van der Waals surface area contributed by atoms with Crippen LogP contribution < -0.4 is 10.6 Å². The molecular formula is C30H26CuN6O2. The number of nitrogens with one attached hydrogen (secondary N) is 2. The first-order valence-corrected chi connectivity index (χ1v) is 12.4. The number of para-hydroxylation sites is 2. The van der Waals surface area contributed by atoms with Crippen molar-refractivity contribution >= 4 is 34.6 Å². The van der Waals surface area contributed by atoms with E-state index in [-0.39, 0.29) is 28.9 Å². The van der Waals surface area contributed by atoms with Crippen molar-refractivity contribution in [2.24, 2.45) is 9.98 Å². The number of carbonyl (C=O) groups is 2.